The molecule has 0 aliphatic carbocycles. The van der Waals surface area contributed by atoms with E-state index in [1.165, 1.54) is 6.20 Å². The van der Waals surface area contributed by atoms with Gasteiger partial charge in [0.25, 0.3) is 5.56 Å². The number of aromatic nitrogens is 2. The maximum Gasteiger partial charge on any atom is 0.269 e. The Hall–Kier alpha value is -1.96. The van der Waals surface area contributed by atoms with Crippen molar-refractivity contribution in [1.29, 1.82) is 0 Å². The SMILES string of the molecule is COc1ccc2ncc(=O)n(CCN3CCC(N)C(OC)C3)c2c1. The van der Waals surface area contributed by atoms with Crippen LogP contribution in [0.25, 0.3) is 11.0 Å². The van der Waals surface area contributed by atoms with Crippen molar-refractivity contribution in [2.75, 3.05) is 33.9 Å². The lowest BCUT2D eigenvalue weighted by atomic mass is 10.0. The van der Waals surface area contributed by atoms with E-state index in [0.29, 0.717) is 12.3 Å². The zero-order valence-electron chi connectivity index (χ0n) is 14.1. The van der Waals surface area contributed by atoms with E-state index in [2.05, 4.69) is 9.88 Å². The average molecular weight is 332 g/mol. The Kier molecular flexibility index (Phi) is 5.13. The quantitative estimate of drug-likeness (QED) is 0.856. The van der Waals surface area contributed by atoms with Gasteiger partial charge in [0.05, 0.1) is 30.4 Å². The molecule has 2 aromatic rings. The molecule has 1 aliphatic heterocycles. The van der Waals surface area contributed by atoms with E-state index in [9.17, 15) is 4.79 Å². The molecule has 1 aromatic heterocycles. The minimum absolute atomic E-state index is 0.0461. The first-order chi connectivity index (χ1) is 11.6. The predicted molar refractivity (Wildman–Crippen MR) is 92.4 cm³/mol. The fourth-order valence-electron chi connectivity index (χ4n) is 3.19. The summed E-state index contributed by atoms with van der Waals surface area (Å²) in [4.78, 5) is 18.8. The average Bonchev–Trinajstić information content (AvgIpc) is 2.61. The van der Waals surface area contributed by atoms with Gasteiger partial charge in [-0.15, -0.1) is 0 Å². The standard InChI is InChI=1S/C17H24N4O3/c1-23-12-3-4-14-15(9-12)21(17(22)10-19-14)8-7-20-6-5-13(18)16(11-20)24-2/h3-4,9-10,13,16H,5-8,11,18H2,1-2H3. The third-order valence-corrected chi connectivity index (χ3v) is 4.69. The second kappa shape index (κ2) is 7.29. The van der Waals surface area contributed by atoms with Crippen LogP contribution < -0.4 is 16.0 Å². The molecule has 0 saturated carbocycles. The lowest BCUT2D eigenvalue weighted by molar-refractivity contribution is 0.0158. The normalized spacial score (nSPS) is 22.0. The van der Waals surface area contributed by atoms with Gasteiger partial charge in [-0.3, -0.25) is 9.69 Å². The fraction of sp³-hybridized carbons (Fsp3) is 0.529. The summed E-state index contributed by atoms with van der Waals surface area (Å²) < 4.78 is 12.5. The highest BCUT2D eigenvalue weighted by Gasteiger charge is 2.26. The van der Waals surface area contributed by atoms with Crippen molar-refractivity contribution >= 4 is 11.0 Å². The van der Waals surface area contributed by atoms with Crippen LogP contribution >= 0.6 is 0 Å². The molecule has 1 saturated heterocycles. The van der Waals surface area contributed by atoms with Gasteiger partial charge in [0.15, 0.2) is 0 Å². The lowest BCUT2D eigenvalue weighted by Crippen LogP contribution is -2.52. The highest BCUT2D eigenvalue weighted by Crippen LogP contribution is 2.18. The maximum absolute atomic E-state index is 12.3. The van der Waals surface area contributed by atoms with Gasteiger partial charge in [-0.25, -0.2) is 4.98 Å². The highest BCUT2D eigenvalue weighted by atomic mass is 16.5. The first kappa shape index (κ1) is 16.9. The predicted octanol–water partition coefficient (Wildman–Crippen LogP) is 0.453. The number of fused-ring (bicyclic) bond motifs is 1. The molecule has 1 aliphatic rings. The highest BCUT2D eigenvalue weighted by molar-refractivity contribution is 5.76. The first-order valence-corrected chi connectivity index (χ1v) is 8.16. The third kappa shape index (κ3) is 3.43. The summed E-state index contributed by atoms with van der Waals surface area (Å²) in [5, 5.41) is 0. The van der Waals surface area contributed by atoms with Crippen molar-refractivity contribution in [3.05, 3.63) is 34.7 Å². The van der Waals surface area contributed by atoms with E-state index in [0.717, 1.165) is 37.1 Å². The Morgan fingerprint density at radius 3 is 2.92 bits per heavy atom. The third-order valence-electron chi connectivity index (χ3n) is 4.69. The van der Waals surface area contributed by atoms with Crippen LogP contribution in [-0.2, 0) is 11.3 Å². The topological polar surface area (TPSA) is 82.6 Å². The van der Waals surface area contributed by atoms with Gasteiger partial charge < -0.3 is 19.8 Å². The molecule has 2 unspecified atom stereocenters. The fourth-order valence-corrected chi connectivity index (χ4v) is 3.19. The van der Waals surface area contributed by atoms with Crippen LogP contribution in [0.4, 0.5) is 0 Å². The van der Waals surface area contributed by atoms with Crippen molar-refractivity contribution in [2.24, 2.45) is 5.73 Å². The van der Waals surface area contributed by atoms with E-state index >= 15 is 0 Å². The summed E-state index contributed by atoms with van der Waals surface area (Å²) in [5.41, 5.74) is 7.53. The van der Waals surface area contributed by atoms with E-state index in [-0.39, 0.29) is 17.7 Å². The molecule has 2 N–H and O–H groups in total. The number of nitrogens with two attached hydrogens (primary N) is 1. The molecule has 0 bridgehead atoms. The van der Waals surface area contributed by atoms with Gasteiger partial charge in [0.1, 0.15) is 5.75 Å². The van der Waals surface area contributed by atoms with Crippen LogP contribution in [0, 0.1) is 0 Å². The van der Waals surface area contributed by atoms with Crippen molar-refractivity contribution in [2.45, 2.75) is 25.1 Å². The lowest BCUT2D eigenvalue weighted by Gasteiger charge is -2.36. The Morgan fingerprint density at radius 2 is 2.17 bits per heavy atom. The number of methoxy groups -OCH3 is 2. The van der Waals surface area contributed by atoms with E-state index < -0.39 is 0 Å². The molecular formula is C17H24N4O3. The summed E-state index contributed by atoms with van der Waals surface area (Å²) >= 11 is 0. The Labute approximate surface area is 141 Å². The summed E-state index contributed by atoms with van der Waals surface area (Å²) in [6.07, 6.45) is 2.32. The number of nitrogens with zero attached hydrogens (tertiary/aromatic N) is 3. The smallest absolute Gasteiger partial charge is 0.269 e. The number of likely N-dealkylation sites (tertiary alicyclic amines) is 1. The zero-order chi connectivity index (χ0) is 17.1. The van der Waals surface area contributed by atoms with Gasteiger partial charge in [0, 0.05) is 38.9 Å². The molecule has 1 aromatic carbocycles. The van der Waals surface area contributed by atoms with Gasteiger partial charge in [-0.1, -0.05) is 0 Å². The van der Waals surface area contributed by atoms with E-state index in [1.54, 1.807) is 18.8 Å². The molecule has 130 valence electrons. The maximum atomic E-state index is 12.3. The number of hydrogen-bond acceptors (Lipinski definition) is 6. The molecule has 3 rings (SSSR count). The molecule has 0 amide bonds. The number of benzene rings is 1. The Balaban J connectivity index is 1.79. The Morgan fingerprint density at radius 1 is 1.33 bits per heavy atom. The molecule has 7 heteroatoms. The second-order valence-corrected chi connectivity index (χ2v) is 6.13. The molecule has 7 nitrogen and oxygen atoms in total. The summed E-state index contributed by atoms with van der Waals surface area (Å²) in [7, 11) is 3.31. The van der Waals surface area contributed by atoms with Crippen LogP contribution in [0.1, 0.15) is 6.42 Å². The molecule has 24 heavy (non-hydrogen) atoms. The van der Waals surface area contributed by atoms with Crippen molar-refractivity contribution in [1.82, 2.24) is 14.5 Å². The van der Waals surface area contributed by atoms with Gasteiger partial charge in [0.2, 0.25) is 0 Å². The van der Waals surface area contributed by atoms with Crippen LogP contribution in [0.15, 0.2) is 29.2 Å². The van der Waals surface area contributed by atoms with Crippen LogP contribution in [0.2, 0.25) is 0 Å². The molecule has 1 fully saturated rings. The zero-order valence-corrected chi connectivity index (χ0v) is 14.1. The van der Waals surface area contributed by atoms with Crippen LogP contribution in [0.5, 0.6) is 5.75 Å². The molecular weight excluding hydrogens is 308 g/mol. The number of ether oxygens (including phenoxy) is 2. The monoisotopic (exact) mass is 332 g/mol. The van der Waals surface area contributed by atoms with Gasteiger partial charge in [-0.2, -0.15) is 0 Å². The number of rotatable bonds is 5. The minimum Gasteiger partial charge on any atom is -0.497 e. The number of hydrogen-bond donors (Lipinski definition) is 1. The largest absolute Gasteiger partial charge is 0.497 e. The van der Waals surface area contributed by atoms with Gasteiger partial charge >= 0.3 is 0 Å². The van der Waals surface area contributed by atoms with E-state index in [1.807, 2.05) is 18.2 Å². The van der Waals surface area contributed by atoms with Crippen LogP contribution in [0.3, 0.4) is 0 Å². The molecule has 0 radical (unpaired) electrons. The van der Waals surface area contributed by atoms with Gasteiger partial charge in [-0.05, 0) is 25.1 Å². The van der Waals surface area contributed by atoms with E-state index in [4.69, 9.17) is 15.2 Å². The van der Waals surface area contributed by atoms with Crippen LogP contribution in [-0.4, -0.2) is 60.5 Å². The minimum atomic E-state index is -0.104. The van der Waals surface area contributed by atoms with Crippen molar-refractivity contribution < 1.29 is 9.47 Å². The second-order valence-electron chi connectivity index (χ2n) is 6.13. The van der Waals surface area contributed by atoms with Crippen molar-refractivity contribution in [3.8, 4) is 5.75 Å². The summed E-state index contributed by atoms with van der Waals surface area (Å²) in [5.74, 6) is 0.715. The summed E-state index contributed by atoms with van der Waals surface area (Å²) in [6, 6.07) is 5.65. The summed E-state index contributed by atoms with van der Waals surface area (Å²) in [6.45, 7) is 3.07. The first-order valence-electron chi connectivity index (χ1n) is 8.16. The molecule has 2 heterocycles. The number of piperidine rings is 1. The Bertz CT molecular complexity index is 761. The van der Waals surface area contributed by atoms with Crippen molar-refractivity contribution in [3.63, 3.8) is 0 Å². The molecule has 2 atom stereocenters. The molecule has 0 spiro atoms.